The molecule has 0 saturated heterocycles. The maximum absolute atomic E-state index is 11.1. The van der Waals surface area contributed by atoms with E-state index >= 15 is 0 Å². The van der Waals surface area contributed by atoms with Gasteiger partial charge in [-0.3, -0.25) is 0 Å². The number of carbonyl (C=O) groups is 1. The lowest BCUT2D eigenvalue weighted by atomic mass is 10.00. The molecule has 2 atom stereocenters. The molecule has 4 heteroatoms. The SMILES string of the molecule is CCC(C)CC(C)n1c(C)nc2ccc(C(=O)O)cc21. The standard InChI is InChI=1S/C16H22N2O2/c1-5-10(2)8-11(3)18-12(4)17-14-7-6-13(16(19)20)9-15(14)18/h6-7,9-11H,5,8H2,1-4H3,(H,19,20). The van der Waals surface area contributed by atoms with Crippen LogP contribution in [0.1, 0.15) is 55.8 Å². The van der Waals surface area contributed by atoms with Crippen molar-refractivity contribution < 1.29 is 9.90 Å². The fourth-order valence-electron chi connectivity index (χ4n) is 2.76. The first-order chi connectivity index (χ1) is 9.43. The van der Waals surface area contributed by atoms with Crippen LogP contribution in [0.5, 0.6) is 0 Å². The fraction of sp³-hybridized carbons (Fsp3) is 0.500. The molecule has 0 bridgehead atoms. The molecular formula is C16H22N2O2. The van der Waals surface area contributed by atoms with Crippen molar-refractivity contribution in [2.45, 2.75) is 46.6 Å². The number of carboxylic acid groups (broad SMARTS) is 1. The summed E-state index contributed by atoms with van der Waals surface area (Å²) in [5.74, 6) is 0.690. The van der Waals surface area contributed by atoms with E-state index in [1.165, 1.54) is 0 Å². The highest BCUT2D eigenvalue weighted by atomic mass is 16.4. The van der Waals surface area contributed by atoms with Gasteiger partial charge in [0.2, 0.25) is 0 Å². The Hall–Kier alpha value is -1.84. The molecule has 0 aliphatic rings. The van der Waals surface area contributed by atoms with E-state index in [0.717, 1.165) is 29.7 Å². The third-order valence-corrected chi connectivity index (χ3v) is 3.99. The number of aromatic nitrogens is 2. The van der Waals surface area contributed by atoms with Crippen molar-refractivity contribution in [3.05, 3.63) is 29.6 Å². The largest absolute Gasteiger partial charge is 0.478 e. The maximum Gasteiger partial charge on any atom is 0.335 e. The predicted molar refractivity (Wildman–Crippen MR) is 80.2 cm³/mol. The van der Waals surface area contributed by atoms with Crippen LogP contribution in [0, 0.1) is 12.8 Å². The number of imidazole rings is 1. The monoisotopic (exact) mass is 274 g/mol. The highest BCUT2D eigenvalue weighted by molar-refractivity contribution is 5.92. The minimum Gasteiger partial charge on any atom is -0.478 e. The van der Waals surface area contributed by atoms with Gasteiger partial charge >= 0.3 is 5.97 Å². The number of rotatable bonds is 5. The van der Waals surface area contributed by atoms with Crippen molar-refractivity contribution in [2.75, 3.05) is 0 Å². The zero-order valence-corrected chi connectivity index (χ0v) is 12.6. The minimum atomic E-state index is -0.896. The molecule has 2 unspecified atom stereocenters. The van der Waals surface area contributed by atoms with E-state index in [4.69, 9.17) is 5.11 Å². The smallest absolute Gasteiger partial charge is 0.335 e. The molecular weight excluding hydrogens is 252 g/mol. The molecule has 4 nitrogen and oxygen atoms in total. The quantitative estimate of drug-likeness (QED) is 0.895. The Balaban J connectivity index is 2.48. The van der Waals surface area contributed by atoms with Crippen molar-refractivity contribution >= 4 is 17.0 Å². The van der Waals surface area contributed by atoms with Gasteiger partial charge in [-0.15, -0.1) is 0 Å². The van der Waals surface area contributed by atoms with Crippen molar-refractivity contribution in [3.8, 4) is 0 Å². The first-order valence-electron chi connectivity index (χ1n) is 7.15. The molecule has 108 valence electrons. The molecule has 0 spiro atoms. The van der Waals surface area contributed by atoms with Crippen LogP contribution < -0.4 is 0 Å². The predicted octanol–water partition coefficient (Wildman–Crippen LogP) is 4.04. The van der Waals surface area contributed by atoms with E-state index in [2.05, 4.69) is 30.3 Å². The number of aromatic carboxylic acids is 1. The van der Waals surface area contributed by atoms with Gasteiger partial charge in [-0.1, -0.05) is 20.3 Å². The first-order valence-corrected chi connectivity index (χ1v) is 7.15. The minimum absolute atomic E-state index is 0.314. The molecule has 1 N–H and O–H groups in total. The molecule has 1 aromatic heterocycles. The summed E-state index contributed by atoms with van der Waals surface area (Å²) in [7, 11) is 0. The van der Waals surface area contributed by atoms with Gasteiger partial charge in [-0.05, 0) is 44.4 Å². The van der Waals surface area contributed by atoms with E-state index in [1.807, 2.05) is 6.92 Å². The van der Waals surface area contributed by atoms with E-state index in [0.29, 0.717) is 17.5 Å². The average Bonchev–Trinajstić information content (AvgIpc) is 2.73. The molecule has 1 aromatic carbocycles. The van der Waals surface area contributed by atoms with E-state index < -0.39 is 5.97 Å². The normalized spacial score (nSPS) is 14.4. The molecule has 0 radical (unpaired) electrons. The Morgan fingerprint density at radius 1 is 1.40 bits per heavy atom. The van der Waals surface area contributed by atoms with Crippen molar-refractivity contribution in [1.82, 2.24) is 9.55 Å². The summed E-state index contributed by atoms with van der Waals surface area (Å²) in [5.41, 5.74) is 2.09. The lowest BCUT2D eigenvalue weighted by Gasteiger charge is -2.20. The lowest BCUT2D eigenvalue weighted by molar-refractivity contribution is 0.0697. The number of hydrogen-bond donors (Lipinski definition) is 1. The van der Waals surface area contributed by atoms with Crippen LogP contribution in [0.3, 0.4) is 0 Å². The van der Waals surface area contributed by atoms with Gasteiger partial charge < -0.3 is 9.67 Å². The van der Waals surface area contributed by atoms with E-state index in [1.54, 1.807) is 18.2 Å². The van der Waals surface area contributed by atoms with Crippen LogP contribution in [0.15, 0.2) is 18.2 Å². The molecule has 2 rings (SSSR count). The first kappa shape index (κ1) is 14.6. The van der Waals surface area contributed by atoms with Crippen LogP contribution in [-0.4, -0.2) is 20.6 Å². The van der Waals surface area contributed by atoms with E-state index in [-0.39, 0.29) is 0 Å². The number of aryl methyl sites for hydroxylation is 1. The third kappa shape index (κ3) is 2.69. The summed E-state index contributed by atoms with van der Waals surface area (Å²) in [5, 5.41) is 9.13. The number of hydrogen-bond acceptors (Lipinski definition) is 2. The van der Waals surface area contributed by atoms with Crippen LogP contribution in [-0.2, 0) is 0 Å². The Morgan fingerprint density at radius 2 is 2.10 bits per heavy atom. The molecule has 1 heterocycles. The molecule has 0 amide bonds. The van der Waals surface area contributed by atoms with Crippen LogP contribution in [0.2, 0.25) is 0 Å². The Kier molecular flexibility index (Phi) is 4.12. The molecule has 0 aliphatic heterocycles. The van der Waals surface area contributed by atoms with E-state index in [9.17, 15) is 4.79 Å². The van der Waals surface area contributed by atoms with Gasteiger partial charge in [0, 0.05) is 6.04 Å². The third-order valence-electron chi connectivity index (χ3n) is 3.99. The summed E-state index contributed by atoms with van der Waals surface area (Å²) in [6, 6.07) is 5.45. The Bertz CT molecular complexity index is 631. The summed E-state index contributed by atoms with van der Waals surface area (Å²) in [4.78, 5) is 15.7. The van der Waals surface area contributed by atoms with Crippen molar-refractivity contribution in [1.29, 1.82) is 0 Å². The zero-order valence-electron chi connectivity index (χ0n) is 12.6. The van der Waals surface area contributed by atoms with Crippen molar-refractivity contribution in [2.24, 2.45) is 5.92 Å². The molecule has 20 heavy (non-hydrogen) atoms. The second-order valence-electron chi connectivity index (χ2n) is 5.64. The maximum atomic E-state index is 11.1. The molecule has 0 saturated carbocycles. The summed E-state index contributed by atoms with van der Waals surface area (Å²) in [6.45, 7) is 8.59. The van der Waals surface area contributed by atoms with Gasteiger partial charge in [0.1, 0.15) is 5.82 Å². The highest BCUT2D eigenvalue weighted by Gasteiger charge is 2.16. The number of benzene rings is 1. The molecule has 2 aromatic rings. The van der Waals surface area contributed by atoms with Crippen LogP contribution in [0.4, 0.5) is 0 Å². The lowest BCUT2D eigenvalue weighted by Crippen LogP contribution is -2.11. The highest BCUT2D eigenvalue weighted by Crippen LogP contribution is 2.27. The summed E-state index contributed by atoms with van der Waals surface area (Å²) < 4.78 is 2.16. The molecule has 0 aliphatic carbocycles. The van der Waals surface area contributed by atoms with Gasteiger partial charge in [0.15, 0.2) is 0 Å². The Morgan fingerprint density at radius 3 is 2.70 bits per heavy atom. The average molecular weight is 274 g/mol. The van der Waals surface area contributed by atoms with Gasteiger partial charge in [0.25, 0.3) is 0 Å². The zero-order chi connectivity index (χ0) is 14.9. The second-order valence-corrected chi connectivity index (χ2v) is 5.64. The fourth-order valence-corrected chi connectivity index (χ4v) is 2.76. The van der Waals surface area contributed by atoms with Crippen molar-refractivity contribution in [3.63, 3.8) is 0 Å². The number of fused-ring (bicyclic) bond motifs is 1. The van der Waals surface area contributed by atoms with Gasteiger partial charge in [0.05, 0.1) is 16.6 Å². The Labute approximate surface area is 119 Å². The topological polar surface area (TPSA) is 55.1 Å². The van der Waals surface area contributed by atoms with Gasteiger partial charge in [-0.2, -0.15) is 0 Å². The number of carboxylic acids is 1. The number of nitrogens with zero attached hydrogens (tertiary/aromatic N) is 2. The van der Waals surface area contributed by atoms with Gasteiger partial charge in [-0.25, -0.2) is 9.78 Å². The summed E-state index contributed by atoms with van der Waals surface area (Å²) >= 11 is 0. The van der Waals surface area contributed by atoms with Crippen LogP contribution >= 0.6 is 0 Å². The second kappa shape index (κ2) is 5.65. The molecule has 0 fully saturated rings. The van der Waals surface area contributed by atoms with Crippen LogP contribution in [0.25, 0.3) is 11.0 Å². The summed E-state index contributed by atoms with van der Waals surface area (Å²) in [6.07, 6.45) is 2.22.